The number of benzene rings is 2. The van der Waals surface area contributed by atoms with E-state index in [1.54, 1.807) is 22.5 Å². The van der Waals surface area contributed by atoms with Crippen LogP contribution in [0.5, 0.6) is 5.75 Å². The van der Waals surface area contributed by atoms with E-state index in [2.05, 4.69) is 13.8 Å². The summed E-state index contributed by atoms with van der Waals surface area (Å²) in [5, 5.41) is 0.326. The standard InChI is InChI=1S/C20H24ClNO3S/c1-14(2)11-17-13-25-20-18(21)5-4-6-19(20)26(23,24)22(17)12-16-9-7-15(3)8-10-16/h4-10,14,17H,11-13H2,1-3H3/t17-/m0/s1. The monoisotopic (exact) mass is 393 g/mol. The number of para-hydroxylation sites is 1. The molecule has 6 heteroatoms. The van der Waals surface area contributed by atoms with Gasteiger partial charge >= 0.3 is 0 Å². The highest BCUT2D eigenvalue weighted by Crippen LogP contribution is 2.38. The van der Waals surface area contributed by atoms with Crippen molar-refractivity contribution in [3.63, 3.8) is 0 Å². The van der Waals surface area contributed by atoms with Crippen LogP contribution in [0.4, 0.5) is 0 Å². The minimum absolute atomic E-state index is 0.142. The first-order valence-electron chi connectivity index (χ1n) is 8.77. The van der Waals surface area contributed by atoms with E-state index in [9.17, 15) is 8.42 Å². The molecule has 0 aliphatic carbocycles. The second-order valence-corrected chi connectivity index (χ2v) is 9.46. The maximum atomic E-state index is 13.4. The maximum absolute atomic E-state index is 13.4. The zero-order chi connectivity index (χ0) is 18.9. The number of nitrogens with zero attached hydrogens (tertiary/aromatic N) is 1. The lowest BCUT2D eigenvalue weighted by molar-refractivity contribution is 0.187. The Labute approximate surface area is 160 Å². The van der Waals surface area contributed by atoms with Gasteiger partial charge in [0.1, 0.15) is 11.5 Å². The molecular weight excluding hydrogens is 370 g/mol. The van der Waals surface area contributed by atoms with E-state index in [0.29, 0.717) is 24.1 Å². The molecule has 2 aromatic carbocycles. The van der Waals surface area contributed by atoms with Crippen molar-refractivity contribution in [2.24, 2.45) is 5.92 Å². The van der Waals surface area contributed by atoms with Crippen LogP contribution in [0.1, 0.15) is 31.4 Å². The Morgan fingerprint density at radius 2 is 1.88 bits per heavy atom. The van der Waals surface area contributed by atoms with E-state index in [1.165, 1.54) is 0 Å². The Hall–Kier alpha value is -1.56. The lowest BCUT2D eigenvalue weighted by atomic mass is 10.0. The van der Waals surface area contributed by atoms with Crippen LogP contribution in [0.2, 0.25) is 5.02 Å². The van der Waals surface area contributed by atoms with Crippen molar-refractivity contribution in [2.75, 3.05) is 6.61 Å². The van der Waals surface area contributed by atoms with Crippen molar-refractivity contribution >= 4 is 21.6 Å². The number of aryl methyl sites for hydroxylation is 1. The third-order valence-corrected chi connectivity index (χ3v) is 6.77. The maximum Gasteiger partial charge on any atom is 0.247 e. The van der Waals surface area contributed by atoms with Gasteiger partial charge in [0.05, 0.1) is 11.1 Å². The topological polar surface area (TPSA) is 46.6 Å². The summed E-state index contributed by atoms with van der Waals surface area (Å²) in [6.07, 6.45) is 0.719. The molecule has 0 fully saturated rings. The predicted octanol–water partition coefficient (Wildman–Crippen LogP) is 4.65. The Kier molecular flexibility index (Phi) is 5.61. The molecule has 140 valence electrons. The van der Waals surface area contributed by atoms with E-state index >= 15 is 0 Å². The minimum atomic E-state index is -3.72. The van der Waals surface area contributed by atoms with Crippen LogP contribution in [-0.4, -0.2) is 25.4 Å². The number of rotatable bonds is 4. The molecule has 0 saturated carbocycles. The van der Waals surface area contributed by atoms with Gasteiger partial charge in [-0.1, -0.05) is 61.3 Å². The molecule has 1 aliphatic heterocycles. The van der Waals surface area contributed by atoms with Gasteiger partial charge in [-0.2, -0.15) is 4.31 Å². The number of sulfonamides is 1. The van der Waals surface area contributed by atoms with Crippen LogP contribution in [0.3, 0.4) is 0 Å². The summed E-state index contributed by atoms with van der Waals surface area (Å²) in [5.41, 5.74) is 2.10. The van der Waals surface area contributed by atoms with Crippen LogP contribution in [0.15, 0.2) is 47.4 Å². The smallest absolute Gasteiger partial charge is 0.247 e. The van der Waals surface area contributed by atoms with Crippen LogP contribution >= 0.6 is 11.6 Å². The first kappa shape index (κ1) is 19.2. The molecule has 1 aliphatic rings. The summed E-state index contributed by atoms with van der Waals surface area (Å²) in [7, 11) is -3.72. The van der Waals surface area contributed by atoms with E-state index in [-0.39, 0.29) is 16.7 Å². The van der Waals surface area contributed by atoms with E-state index in [1.807, 2.05) is 31.2 Å². The molecule has 0 amide bonds. The zero-order valence-corrected chi connectivity index (χ0v) is 16.8. The molecule has 0 aromatic heterocycles. The number of fused-ring (bicyclic) bond motifs is 1. The molecule has 0 saturated heterocycles. The Bertz CT molecular complexity index is 878. The first-order chi connectivity index (χ1) is 12.3. The van der Waals surface area contributed by atoms with Crippen LogP contribution in [-0.2, 0) is 16.6 Å². The fraction of sp³-hybridized carbons (Fsp3) is 0.400. The second-order valence-electron chi connectivity index (χ2n) is 7.20. The predicted molar refractivity (Wildman–Crippen MR) is 104 cm³/mol. The van der Waals surface area contributed by atoms with E-state index < -0.39 is 10.0 Å². The summed E-state index contributed by atoms with van der Waals surface area (Å²) in [5.74, 6) is 0.602. The molecule has 0 N–H and O–H groups in total. The summed E-state index contributed by atoms with van der Waals surface area (Å²) >= 11 is 6.21. The molecule has 2 aromatic rings. The SMILES string of the molecule is Cc1ccc(CN2[C@@H](CC(C)C)COc3c(Cl)cccc3S2(=O)=O)cc1. The Morgan fingerprint density at radius 1 is 1.19 bits per heavy atom. The summed E-state index contributed by atoms with van der Waals surface area (Å²) in [4.78, 5) is 0.142. The lowest BCUT2D eigenvalue weighted by Gasteiger charge is -2.29. The fourth-order valence-electron chi connectivity index (χ4n) is 3.23. The van der Waals surface area contributed by atoms with Crippen molar-refractivity contribution in [3.8, 4) is 5.75 Å². The van der Waals surface area contributed by atoms with Crippen molar-refractivity contribution in [1.29, 1.82) is 0 Å². The zero-order valence-electron chi connectivity index (χ0n) is 15.3. The normalized spacial score (nSPS) is 19.7. The third kappa shape index (κ3) is 3.90. The Morgan fingerprint density at radius 3 is 2.54 bits per heavy atom. The number of ether oxygens (including phenoxy) is 1. The minimum Gasteiger partial charge on any atom is -0.489 e. The highest BCUT2D eigenvalue weighted by molar-refractivity contribution is 7.89. The van der Waals surface area contributed by atoms with Gasteiger partial charge in [-0.3, -0.25) is 0 Å². The van der Waals surface area contributed by atoms with Gasteiger partial charge in [-0.05, 0) is 37.0 Å². The summed E-state index contributed by atoms with van der Waals surface area (Å²) in [6, 6.07) is 12.6. The average Bonchev–Trinajstić information content (AvgIpc) is 2.67. The summed E-state index contributed by atoms with van der Waals surface area (Å²) in [6.45, 7) is 6.79. The third-order valence-electron chi connectivity index (χ3n) is 4.55. The van der Waals surface area contributed by atoms with Crippen LogP contribution < -0.4 is 4.74 Å². The Balaban J connectivity index is 2.06. The summed E-state index contributed by atoms with van der Waals surface area (Å²) < 4.78 is 34.3. The van der Waals surface area contributed by atoms with Crippen molar-refractivity contribution in [1.82, 2.24) is 4.31 Å². The van der Waals surface area contributed by atoms with Gasteiger partial charge in [0, 0.05) is 6.54 Å². The fourth-order valence-corrected chi connectivity index (χ4v) is 5.28. The molecule has 0 bridgehead atoms. The van der Waals surface area contributed by atoms with Crippen LogP contribution in [0, 0.1) is 12.8 Å². The van der Waals surface area contributed by atoms with Gasteiger partial charge in [-0.25, -0.2) is 8.42 Å². The molecule has 0 spiro atoms. The molecule has 3 rings (SSSR count). The highest BCUT2D eigenvalue weighted by Gasteiger charge is 2.38. The van der Waals surface area contributed by atoms with Crippen molar-refractivity contribution < 1.29 is 13.2 Å². The van der Waals surface area contributed by atoms with E-state index in [4.69, 9.17) is 16.3 Å². The van der Waals surface area contributed by atoms with Gasteiger partial charge in [0.2, 0.25) is 10.0 Å². The van der Waals surface area contributed by atoms with Gasteiger partial charge in [0.15, 0.2) is 5.75 Å². The molecule has 26 heavy (non-hydrogen) atoms. The highest BCUT2D eigenvalue weighted by atomic mass is 35.5. The lowest BCUT2D eigenvalue weighted by Crippen LogP contribution is -2.42. The van der Waals surface area contributed by atoms with Gasteiger partial charge < -0.3 is 4.74 Å². The molecule has 4 nitrogen and oxygen atoms in total. The average molecular weight is 394 g/mol. The molecule has 1 atom stereocenters. The molecule has 0 unspecified atom stereocenters. The second kappa shape index (κ2) is 7.59. The van der Waals surface area contributed by atoms with Crippen molar-refractivity contribution in [3.05, 3.63) is 58.6 Å². The van der Waals surface area contributed by atoms with E-state index in [0.717, 1.165) is 17.5 Å². The first-order valence-corrected chi connectivity index (χ1v) is 10.6. The molecular formula is C20H24ClNO3S. The number of hydrogen-bond donors (Lipinski definition) is 0. The largest absolute Gasteiger partial charge is 0.489 e. The molecule has 1 heterocycles. The molecule has 0 radical (unpaired) electrons. The quantitative estimate of drug-likeness (QED) is 0.759. The number of halogens is 1. The van der Waals surface area contributed by atoms with Gasteiger partial charge in [-0.15, -0.1) is 0 Å². The van der Waals surface area contributed by atoms with Crippen LogP contribution in [0.25, 0.3) is 0 Å². The number of hydrogen-bond acceptors (Lipinski definition) is 3. The van der Waals surface area contributed by atoms with Crippen molar-refractivity contribution in [2.45, 2.75) is 44.7 Å². The van der Waals surface area contributed by atoms with Gasteiger partial charge in [0.25, 0.3) is 0 Å².